The van der Waals surface area contributed by atoms with E-state index in [0.717, 1.165) is 16.5 Å². The third-order valence-electron chi connectivity index (χ3n) is 2.86. The Kier molecular flexibility index (Phi) is 2.74. The molecule has 0 aliphatic rings. The molecule has 0 unspecified atom stereocenters. The maximum atomic E-state index is 11.6. The first-order chi connectivity index (χ1) is 7.56. The van der Waals surface area contributed by atoms with Gasteiger partial charge in [0.05, 0.1) is 17.8 Å². The number of carbonyl (C=O) groups is 1. The van der Waals surface area contributed by atoms with Gasteiger partial charge in [-0.1, -0.05) is 17.7 Å². The summed E-state index contributed by atoms with van der Waals surface area (Å²) in [5, 5.41) is 1.72. The van der Waals surface area contributed by atoms with Crippen LogP contribution in [0, 0.1) is 6.92 Å². The largest absolute Gasteiger partial charge is 0.341 e. The van der Waals surface area contributed by atoms with Gasteiger partial charge in [-0.15, -0.1) is 0 Å². The number of nitrogens with zero attached hydrogens (tertiary/aromatic N) is 1. The molecule has 3 nitrogen and oxygen atoms in total. The summed E-state index contributed by atoms with van der Waals surface area (Å²) < 4.78 is 1.85. The summed E-state index contributed by atoms with van der Waals surface area (Å²) in [6.07, 6.45) is 0. The minimum Gasteiger partial charge on any atom is -0.341 e. The first-order valence-corrected chi connectivity index (χ1v) is 5.42. The van der Waals surface area contributed by atoms with Gasteiger partial charge in [-0.2, -0.15) is 0 Å². The second kappa shape index (κ2) is 3.92. The van der Waals surface area contributed by atoms with E-state index in [0.29, 0.717) is 10.7 Å². The Morgan fingerprint density at radius 2 is 2.19 bits per heavy atom. The average Bonchev–Trinajstić information content (AvgIpc) is 2.61. The number of benzene rings is 1. The minimum absolute atomic E-state index is 0.0247. The monoisotopic (exact) mass is 236 g/mol. The first kappa shape index (κ1) is 11.2. The van der Waals surface area contributed by atoms with Gasteiger partial charge in [0.15, 0.2) is 5.78 Å². The highest BCUT2D eigenvalue weighted by Crippen LogP contribution is 2.27. The van der Waals surface area contributed by atoms with E-state index in [2.05, 4.69) is 0 Å². The van der Waals surface area contributed by atoms with E-state index in [4.69, 9.17) is 17.3 Å². The van der Waals surface area contributed by atoms with Gasteiger partial charge >= 0.3 is 0 Å². The summed E-state index contributed by atoms with van der Waals surface area (Å²) in [7, 11) is 1.86. The Hall–Kier alpha value is -1.32. The summed E-state index contributed by atoms with van der Waals surface area (Å²) in [4.78, 5) is 11.6. The third-order valence-corrected chi connectivity index (χ3v) is 3.27. The fourth-order valence-corrected chi connectivity index (χ4v) is 2.15. The van der Waals surface area contributed by atoms with Gasteiger partial charge in [0.2, 0.25) is 0 Å². The van der Waals surface area contributed by atoms with Crippen molar-refractivity contribution in [2.24, 2.45) is 12.8 Å². The van der Waals surface area contributed by atoms with Gasteiger partial charge in [0.25, 0.3) is 0 Å². The Balaban J connectivity index is 2.79. The van der Waals surface area contributed by atoms with Crippen LogP contribution in [0.4, 0.5) is 0 Å². The van der Waals surface area contributed by atoms with Gasteiger partial charge in [-0.05, 0) is 24.6 Å². The van der Waals surface area contributed by atoms with E-state index in [-0.39, 0.29) is 12.3 Å². The van der Waals surface area contributed by atoms with Crippen LogP contribution in [0.1, 0.15) is 16.1 Å². The van der Waals surface area contributed by atoms with E-state index in [9.17, 15) is 4.79 Å². The van der Waals surface area contributed by atoms with Crippen LogP contribution in [-0.2, 0) is 7.05 Å². The molecule has 0 radical (unpaired) electrons. The minimum atomic E-state index is -0.0609. The summed E-state index contributed by atoms with van der Waals surface area (Å²) in [6.45, 7) is 1.97. The van der Waals surface area contributed by atoms with Crippen LogP contribution in [0.5, 0.6) is 0 Å². The molecular formula is C12H13ClN2O. The molecule has 0 saturated heterocycles. The molecule has 0 fully saturated rings. The van der Waals surface area contributed by atoms with Crippen molar-refractivity contribution in [3.8, 4) is 0 Å². The quantitative estimate of drug-likeness (QED) is 0.814. The lowest BCUT2D eigenvalue weighted by Crippen LogP contribution is -2.16. The second-order valence-corrected chi connectivity index (χ2v) is 4.23. The molecule has 1 aromatic heterocycles. The molecule has 2 N–H and O–H groups in total. The maximum absolute atomic E-state index is 11.6. The zero-order valence-corrected chi connectivity index (χ0v) is 10.0. The molecule has 0 saturated carbocycles. The summed E-state index contributed by atoms with van der Waals surface area (Å²) >= 11 is 6.06. The second-order valence-electron chi connectivity index (χ2n) is 3.83. The van der Waals surface area contributed by atoms with Crippen molar-refractivity contribution >= 4 is 28.3 Å². The third kappa shape index (κ3) is 1.52. The molecule has 0 aliphatic heterocycles. The normalized spacial score (nSPS) is 11.0. The molecule has 4 heteroatoms. The molecule has 2 rings (SSSR count). The molecule has 0 atom stereocenters. The van der Waals surface area contributed by atoms with E-state index < -0.39 is 0 Å². The van der Waals surface area contributed by atoms with E-state index >= 15 is 0 Å². The Morgan fingerprint density at radius 3 is 2.81 bits per heavy atom. The fourth-order valence-electron chi connectivity index (χ4n) is 1.99. The van der Waals surface area contributed by atoms with E-state index in [1.165, 1.54) is 0 Å². The average molecular weight is 237 g/mol. The highest BCUT2D eigenvalue weighted by Gasteiger charge is 2.14. The molecule has 0 aliphatic carbocycles. The SMILES string of the molecule is Cc1c(Cl)ccc2cc(C(=O)CN)n(C)c12. The number of hydrogen-bond acceptors (Lipinski definition) is 2. The van der Waals surface area contributed by atoms with Crippen LogP contribution >= 0.6 is 11.6 Å². The molecular weight excluding hydrogens is 224 g/mol. The van der Waals surface area contributed by atoms with Crippen LogP contribution in [0.25, 0.3) is 10.9 Å². The Labute approximate surface area is 98.8 Å². The molecule has 2 aromatic rings. The molecule has 0 bridgehead atoms. The molecule has 1 heterocycles. The Bertz CT molecular complexity index is 572. The number of aromatic nitrogens is 1. The van der Waals surface area contributed by atoms with Crippen molar-refractivity contribution in [2.45, 2.75) is 6.92 Å². The highest BCUT2D eigenvalue weighted by atomic mass is 35.5. The van der Waals surface area contributed by atoms with Crippen LogP contribution < -0.4 is 5.73 Å². The standard InChI is InChI=1S/C12H13ClN2O/c1-7-9(13)4-3-8-5-10(11(16)6-14)15(2)12(7)8/h3-5H,6,14H2,1-2H3. The van der Waals surface area contributed by atoms with Crippen LogP contribution in [0.15, 0.2) is 18.2 Å². The van der Waals surface area contributed by atoms with Crippen molar-refractivity contribution in [1.82, 2.24) is 4.57 Å². The fraction of sp³-hybridized carbons (Fsp3) is 0.250. The predicted molar refractivity (Wildman–Crippen MR) is 66.1 cm³/mol. The predicted octanol–water partition coefficient (Wildman–Crippen LogP) is 2.28. The molecule has 0 amide bonds. The van der Waals surface area contributed by atoms with Crippen molar-refractivity contribution in [2.75, 3.05) is 6.54 Å². The highest BCUT2D eigenvalue weighted by molar-refractivity contribution is 6.32. The van der Waals surface area contributed by atoms with Crippen molar-refractivity contribution < 1.29 is 4.79 Å². The smallest absolute Gasteiger partial charge is 0.192 e. The van der Waals surface area contributed by atoms with Gasteiger partial charge < -0.3 is 10.3 Å². The number of fused-ring (bicyclic) bond motifs is 1. The zero-order valence-electron chi connectivity index (χ0n) is 9.25. The van der Waals surface area contributed by atoms with Gasteiger partial charge in [-0.25, -0.2) is 0 Å². The molecule has 1 aromatic carbocycles. The lowest BCUT2D eigenvalue weighted by molar-refractivity contribution is 0.0994. The van der Waals surface area contributed by atoms with Crippen LogP contribution in [0.2, 0.25) is 5.02 Å². The summed E-state index contributed by atoms with van der Waals surface area (Å²) in [5.41, 5.74) is 7.98. The number of halogens is 1. The van der Waals surface area contributed by atoms with Crippen LogP contribution in [-0.4, -0.2) is 16.9 Å². The lowest BCUT2D eigenvalue weighted by Gasteiger charge is -2.05. The first-order valence-electron chi connectivity index (χ1n) is 5.04. The van der Waals surface area contributed by atoms with Gasteiger partial charge in [0.1, 0.15) is 0 Å². The number of rotatable bonds is 2. The molecule has 16 heavy (non-hydrogen) atoms. The Morgan fingerprint density at radius 1 is 1.50 bits per heavy atom. The van der Waals surface area contributed by atoms with E-state index in [1.54, 1.807) is 0 Å². The number of ketones is 1. The van der Waals surface area contributed by atoms with Crippen LogP contribution in [0.3, 0.4) is 0 Å². The van der Waals surface area contributed by atoms with Crippen molar-refractivity contribution in [1.29, 1.82) is 0 Å². The van der Waals surface area contributed by atoms with Gasteiger partial charge in [0, 0.05) is 17.5 Å². The lowest BCUT2D eigenvalue weighted by atomic mass is 10.1. The van der Waals surface area contributed by atoms with Crippen molar-refractivity contribution in [3.05, 3.63) is 34.5 Å². The molecule has 84 valence electrons. The van der Waals surface area contributed by atoms with Gasteiger partial charge in [-0.3, -0.25) is 4.79 Å². The number of carbonyl (C=O) groups excluding carboxylic acids is 1. The maximum Gasteiger partial charge on any atom is 0.192 e. The number of aryl methyl sites for hydroxylation is 2. The number of hydrogen-bond donors (Lipinski definition) is 1. The number of nitrogens with two attached hydrogens (primary N) is 1. The number of Topliss-reactive ketones (excluding diaryl/α,β-unsaturated/α-hetero) is 1. The molecule has 0 spiro atoms. The zero-order chi connectivity index (χ0) is 11.9. The van der Waals surface area contributed by atoms with E-state index in [1.807, 2.05) is 36.7 Å². The summed E-state index contributed by atoms with van der Waals surface area (Å²) in [5.74, 6) is -0.0609. The summed E-state index contributed by atoms with van der Waals surface area (Å²) in [6, 6.07) is 5.61. The van der Waals surface area contributed by atoms with Crippen molar-refractivity contribution in [3.63, 3.8) is 0 Å². The topological polar surface area (TPSA) is 48.0 Å².